The molecular weight excluding hydrogens is 294 g/mol. The van der Waals surface area contributed by atoms with Crippen LogP contribution in [0.2, 0.25) is 0 Å². The lowest BCUT2D eigenvalue weighted by molar-refractivity contribution is 0.0589. The molecule has 0 bridgehead atoms. The van der Waals surface area contributed by atoms with Gasteiger partial charge in [-0.25, -0.2) is 4.79 Å². The number of aromatic nitrogens is 1. The van der Waals surface area contributed by atoms with E-state index in [4.69, 9.17) is 4.74 Å². The number of carbonyl (C=O) groups excluding carboxylic acids is 1. The lowest BCUT2D eigenvalue weighted by Crippen LogP contribution is -2.10. The molecule has 2 rings (SSSR count). The van der Waals surface area contributed by atoms with E-state index in [1.165, 1.54) is 7.11 Å². The molecule has 0 fully saturated rings. The molecular formula is C14H14BrNO2. The number of esters is 1. The largest absolute Gasteiger partial charge is 0.464 e. The maximum atomic E-state index is 11.7. The van der Waals surface area contributed by atoms with E-state index in [1.54, 1.807) is 6.07 Å². The van der Waals surface area contributed by atoms with Crippen LogP contribution in [0.15, 0.2) is 40.9 Å². The third-order valence-electron chi connectivity index (χ3n) is 2.84. The predicted molar refractivity (Wildman–Crippen MR) is 74.6 cm³/mol. The maximum Gasteiger partial charge on any atom is 0.354 e. The number of rotatable bonds is 3. The van der Waals surface area contributed by atoms with Gasteiger partial charge in [-0.2, -0.15) is 0 Å². The predicted octanol–water partition coefficient (Wildman–Crippen LogP) is 3.72. The molecule has 4 heteroatoms. The maximum absolute atomic E-state index is 11.7. The summed E-state index contributed by atoms with van der Waals surface area (Å²) in [5.41, 5.74) is 2.64. The van der Waals surface area contributed by atoms with Crippen LogP contribution in [0.4, 0.5) is 0 Å². The van der Waals surface area contributed by atoms with Crippen LogP contribution in [0.25, 0.3) is 11.3 Å². The van der Waals surface area contributed by atoms with E-state index in [-0.39, 0.29) is 5.97 Å². The number of hydrogen-bond acceptors (Lipinski definition) is 2. The van der Waals surface area contributed by atoms with E-state index in [0.29, 0.717) is 12.2 Å². The van der Waals surface area contributed by atoms with Crippen molar-refractivity contribution in [2.24, 2.45) is 0 Å². The average molecular weight is 308 g/mol. The quantitative estimate of drug-likeness (QED) is 0.809. The van der Waals surface area contributed by atoms with Gasteiger partial charge < -0.3 is 9.30 Å². The second-order valence-electron chi connectivity index (χ2n) is 3.82. The summed E-state index contributed by atoms with van der Waals surface area (Å²) in [6.45, 7) is 2.72. The molecule has 0 atom stereocenters. The SMILES string of the molecule is CCn1c(C(=O)OC)ccc1-c1ccccc1Br. The molecule has 0 N–H and O–H groups in total. The molecule has 1 aromatic carbocycles. The molecule has 0 radical (unpaired) electrons. The van der Waals surface area contributed by atoms with Crippen molar-refractivity contribution in [3.63, 3.8) is 0 Å². The van der Waals surface area contributed by atoms with Gasteiger partial charge in [-0.3, -0.25) is 0 Å². The summed E-state index contributed by atoms with van der Waals surface area (Å²) in [5.74, 6) is -0.310. The third-order valence-corrected chi connectivity index (χ3v) is 3.53. The summed E-state index contributed by atoms with van der Waals surface area (Å²) in [6, 6.07) is 11.7. The van der Waals surface area contributed by atoms with Gasteiger partial charge >= 0.3 is 5.97 Å². The Labute approximate surface area is 115 Å². The third kappa shape index (κ3) is 2.20. The molecule has 0 aliphatic heterocycles. The molecule has 94 valence electrons. The fourth-order valence-corrected chi connectivity index (χ4v) is 2.48. The Bertz CT molecular complexity index is 575. The molecule has 3 nitrogen and oxygen atoms in total. The summed E-state index contributed by atoms with van der Waals surface area (Å²) >= 11 is 3.53. The van der Waals surface area contributed by atoms with Gasteiger partial charge in [0.25, 0.3) is 0 Å². The van der Waals surface area contributed by atoms with Gasteiger partial charge in [0.1, 0.15) is 5.69 Å². The van der Waals surface area contributed by atoms with Gasteiger partial charge in [0.15, 0.2) is 0 Å². The molecule has 1 aromatic heterocycles. The van der Waals surface area contributed by atoms with Crippen molar-refractivity contribution >= 4 is 21.9 Å². The van der Waals surface area contributed by atoms with Gasteiger partial charge in [0, 0.05) is 22.3 Å². The summed E-state index contributed by atoms with van der Waals surface area (Å²) in [7, 11) is 1.40. The fourth-order valence-electron chi connectivity index (χ4n) is 2.00. The molecule has 0 amide bonds. The van der Waals surface area contributed by atoms with E-state index < -0.39 is 0 Å². The first-order chi connectivity index (χ1) is 8.69. The molecule has 0 unspecified atom stereocenters. The number of carbonyl (C=O) groups is 1. The highest BCUT2D eigenvalue weighted by molar-refractivity contribution is 9.10. The summed E-state index contributed by atoms with van der Waals surface area (Å²) in [6.07, 6.45) is 0. The van der Waals surface area contributed by atoms with E-state index in [0.717, 1.165) is 15.7 Å². The second kappa shape index (κ2) is 5.40. The van der Waals surface area contributed by atoms with E-state index in [1.807, 2.05) is 41.8 Å². The molecule has 0 aliphatic carbocycles. The van der Waals surface area contributed by atoms with Gasteiger partial charge in [-0.1, -0.05) is 34.1 Å². The van der Waals surface area contributed by atoms with Crippen molar-refractivity contribution in [2.45, 2.75) is 13.5 Å². The number of hydrogen-bond donors (Lipinski definition) is 0. The molecule has 1 heterocycles. The van der Waals surface area contributed by atoms with Crippen LogP contribution >= 0.6 is 15.9 Å². The molecule has 0 spiro atoms. The zero-order valence-corrected chi connectivity index (χ0v) is 11.9. The van der Waals surface area contributed by atoms with Gasteiger partial charge in [-0.05, 0) is 25.1 Å². The zero-order valence-electron chi connectivity index (χ0n) is 10.3. The molecule has 0 aliphatic rings. The van der Waals surface area contributed by atoms with Gasteiger partial charge in [0.05, 0.1) is 7.11 Å². The first-order valence-corrected chi connectivity index (χ1v) is 6.51. The van der Waals surface area contributed by atoms with Crippen LogP contribution in [-0.4, -0.2) is 17.6 Å². The Hall–Kier alpha value is -1.55. The Kier molecular flexibility index (Phi) is 3.87. The number of benzene rings is 1. The van der Waals surface area contributed by atoms with Crippen LogP contribution in [-0.2, 0) is 11.3 Å². The molecule has 2 aromatic rings. The van der Waals surface area contributed by atoms with Crippen LogP contribution in [0.1, 0.15) is 17.4 Å². The highest BCUT2D eigenvalue weighted by atomic mass is 79.9. The number of methoxy groups -OCH3 is 1. The Morgan fingerprint density at radius 3 is 2.61 bits per heavy atom. The van der Waals surface area contributed by atoms with Crippen molar-refractivity contribution in [1.29, 1.82) is 0 Å². The van der Waals surface area contributed by atoms with Crippen molar-refractivity contribution in [3.8, 4) is 11.3 Å². The lowest BCUT2D eigenvalue weighted by atomic mass is 10.1. The Balaban J connectivity index is 2.56. The molecule has 0 saturated carbocycles. The van der Waals surface area contributed by atoms with Gasteiger partial charge in [-0.15, -0.1) is 0 Å². The van der Waals surface area contributed by atoms with E-state index >= 15 is 0 Å². The van der Waals surface area contributed by atoms with Crippen LogP contribution in [0.5, 0.6) is 0 Å². The highest BCUT2D eigenvalue weighted by Crippen LogP contribution is 2.29. The molecule has 18 heavy (non-hydrogen) atoms. The van der Waals surface area contributed by atoms with Crippen LogP contribution < -0.4 is 0 Å². The first-order valence-electron chi connectivity index (χ1n) is 5.71. The topological polar surface area (TPSA) is 31.2 Å². The van der Waals surface area contributed by atoms with Crippen molar-refractivity contribution in [3.05, 3.63) is 46.6 Å². The van der Waals surface area contributed by atoms with E-state index in [9.17, 15) is 4.79 Å². The monoisotopic (exact) mass is 307 g/mol. The van der Waals surface area contributed by atoms with Gasteiger partial charge in [0.2, 0.25) is 0 Å². The minimum absolute atomic E-state index is 0.310. The van der Waals surface area contributed by atoms with E-state index in [2.05, 4.69) is 15.9 Å². The lowest BCUT2D eigenvalue weighted by Gasteiger charge is -2.11. The van der Waals surface area contributed by atoms with Crippen molar-refractivity contribution in [1.82, 2.24) is 4.57 Å². The Morgan fingerprint density at radius 1 is 1.28 bits per heavy atom. The van der Waals surface area contributed by atoms with Crippen LogP contribution in [0, 0.1) is 0 Å². The average Bonchev–Trinajstić information content (AvgIpc) is 2.81. The zero-order chi connectivity index (χ0) is 13.1. The fraction of sp³-hybridized carbons (Fsp3) is 0.214. The smallest absolute Gasteiger partial charge is 0.354 e. The minimum atomic E-state index is -0.310. The standard InChI is InChI=1S/C14H14BrNO2/c1-3-16-12(8-9-13(16)14(17)18-2)10-6-4-5-7-11(10)15/h4-9H,3H2,1-2H3. The van der Waals surface area contributed by atoms with Crippen molar-refractivity contribution < 1.29 is 9.53 Å². The Morgan fingerprint density at radius 2 is 2.00 bits per heavy atom. The molecule has 0 saturated heterocycles. The first kappa shape index (κ1) is 12.9. The summed E-state index contributed by atoms with van der Waals surface area (Å²) < 4.78 is 7.75. The van der Waals surface area contributed by atoms with Crippen LogP contribution in [0.3, 0.4) is 0 Å². The summed E-state index contributed by atoms with van der Waals surface area (Å²) in [4.78, 5) is 11.7. The minimum Gasteiger partial charge on any atom is -0.464 e. The second-order valence-corrected chi connectivity index (χ2v) is 4.67. The highest BCUT2D eigenvalue weighted by Gasteiger charge is 2.16. The normalized spacial score (nSPS) is 10.4. The number of nitrogens with zero attached hydrogens (tertiary/aromatic N) is 1. The van der Waals surface area contributed by atoms with Crippen molar-refractivity contribution in [2.75, 3.05) is 7.11 Å². The number of halogens is 1. The number of ether oxygens (including phenoxy) is 1. The summed E-state index contributed by atoms with van der Waals surface area (Å²) in [5, 5.41) is 0.